The molecule has 5 heteroatoms. The summed E-state index contributed by atoms with van der Waals surface area (Å²) < 4.78 is 0. The molecule has 0 aromatic heterocycles. The Morgan fingerprint density at radius 2 is 0.900 bits per heavy atom. The second kappa shape index (κ2) is 12.9. The van der Waals surface area contributed by atoms with Crippen LogP contribution in [0.3, 0.4) is 0 Å². The maximum absolute atomic E-state index is 4.31. The number of hydrogen-bond donors (Lipinski definition) is 1. The average molecular weight is 523 g/mol. The average Bonchev–Trinajstić information content (AvgIpc) is 3.36. The Labute approximate surface area is 237 Å². The van der Waals surface area contributed by atoms with Gasteiger partial charge in [0.25, 0.3) is 6.29 Å². The number of rotatable bonds is 6. The summed E-state index contributed by atoms with van der Waals surface area (Å²) in [5, 5.41) is 8.52. The van der Waals surface area contributed by atoms with E-state index in [0.29, 0.717) is 0 Å². The van der Waals surface area contributed by atoms with Crippen LogP contribution in [0, 0.1) is 0 Å². The van der Waals surface area contributed by atoms with E-state index < -0.39 is 6.15 Å². The van der Waals surface area contributed by atoms with Crippen molar-refractivity contribution in [2.45, 2.75) is 6.29 Å². The molecule has 40 heavy (non-hydrogen) atoms. The molecule has 0 aliphatic carbocycles. The molecule has 0 amide bonds. The molecule has 0 saturated carbocycles. The van der Waals surface area contributed by atoms with Crippen molar-refractivity contribution in [3.05, 3.63) is 164 Å². The van der Waals surface area contributed by atoms with E-state index in [1.807, 2.05) is 48.5 Å². The van der Waals surface area contributed by atoms with Gasteiger partial charge in [-0.05, 0) is 12.1 Å². The monoisotopic (exact) mass is 522 g/mol. The molecule has 1 aliphatic heterocycles. The lowest BCUT2D eigenvalue weighted by molar-refractivity contribution is -0.856. The van der Waals surface area contributed by atoms with Crippen molar-refractivity contribution in [2.24, 2.45) is 10.2 Å². The minimum Gasteiger partial charge on any atom is -0.306 e. The lowest BCUT2D eigenvalue weighted by Crippen LogP contribution is -3.08. The highest BCUT2D eigenvalue weighted by Gasteiger charge is 2.31. The third-order valence-corrected chi connectivity index (χ3v) is 7.60. The lowest BCUT2D eigenvalue weighted by Gasteiger charge is -2.44. The zero-order valence-corrected chi connectivity index (χ0v) is 23.1. The maximum Gasteiger partial charge on any atom is 0.284 e. The van der Waals surface area contributed by atoms with Crippen LogP contribution in [0.5, 0.6) is 0 Å². The normalized spacial score (nSPS) is 16.5. The Hall–Kier alpha value is -4.74. The first-order valence-corrected chi connectivity index (χ1v) is 13.8. The third-order valence-electron chi connectivity index (χ3n) is 7.60. The predicted molar refractivity (Wildman–Crippen MR) is 169 cm³/mol. The summed E-state index contributed by atoms with van der Waals surface area (Å²) in [5.74, 6) is 0. The summed E-state index contributed by atoms with van der Waals surface area (Å²) in [7, 11) is 4.07. The maximum atomic E-state index is 4.31. The highest BCUT2D eigenvalue weighted by atomic mass is 15.5. The van der Waals surface area contributed by atoms with E-state index in [9.17, 15) is 0 Å². The van der Waals surface area contributed by atoms with E-state index in [4.69, 9.17) is 0 Å². The Balaban J connectivity index is 0.000000184. The molecule has 198 valence electrons. The van der Waals surface area contributed by atoms with Crippen LogP contribution in [0.4, 0.5) is 5.69 Å². The largest absolute Gasteiger partial charge is 0.306 e. The Morgan fingerprint density at radius 1 is 0.550 bits per heavy atom. The van der Waals surface area contributed by atoms with Crippen LogP contribution in [0.15, 0.2) is 174 Å². The van der Waals surface area contributed by atoms with Gasteiger partial charge < -0.3 is 4.90 Å². The fourth-order valence-electron chi connectivity index (χ4n) is 5.63. The number of nitrogens with one attached hydrogen (secondary N) is 1. The molecule has 0 fully saturated rings. The number of nitrogens with zero attached hydrogens (tertiary/aromatic N) is 3. The molecule has 5 aromatic rings. The SMILES string of the molecule is CN1C=C[NH+](C)C1N=Nc1ccccc1.c1ccc([B-](c2ccccc2)(c2ccccc2)c2ccccc2)cc1. The summed E-state index contributed by atoms with van der Waals surface area (Å²) in [6.07, 6.45) is 2.93. The molecule has 0 saturated heterocycles. The quantitative estimate of drug-likeness (QED) is 0.265. The molecular formula is C35H35BN4. The molecule has 6 rings (SSSR count). The summed E-state index contributed by atoms with van der Waals surface area (Å²) >= 11 is 0. The number of hydrogen-bond acceptors (Lipinski definition) is 3. The van der Waals surface area contributed by atoms with Crippen LogP contribution >= 0.6 is 0 Å². The van der Waals surface area contributed by atoms with E-state index in [2.05, 4.69) is 145 Å². The third kappa shape index (κ3) is 5.80. The zero-order chi connectivity index (χ0) is 27.6. The lowest BCUT2D eigenvalue weighted by atomic mass is 9.13. The summed E-state index contributed by atoms with van der Waals surface area (Å²) in [6, 6.07) is 53.3. The van der Waals surface area contributed by atoms with Gasteiger partial charge in [0.1, 0.15) is 12.3 Å². The smallest absolute Gasteiger partial charge is 0.284 e. The molecule has 1 heterocycles. The Morgan fingerprint density at radius 3 is 1.23 bits per heavy atom. The molecule has 1 aliphatic rings. The van der Waals surface area contributed by atoms with Gasteiger partial charge in [-0.1, -0.05) is 140 Å². The molecule has 5 aromatic carbocycles. The zero-order valence-electron chi connectivity index (χ0n) is 23.1. The van der Waals surface area contributed by atoms with Crippen molar-refractivity contribution in [3.8, 4) is 0 Å². The van der Waals surface area contributed by atoms with E-state index in [1.54, 1.807) is 0 Å². The molecule has 0 spiro atoms. The van der Waals surface area contributed by atoms with Gasteiger partial charge in [0.15, 0.2) is 0 Å². The van der Waals surface area contributed by atoms with Gasteiger partial charge in [0.05, 0.1) is 18.9 Å². The van der Waals surface area contributed by atoms with Crippen molar-refractivity contribution >= 4 is 33.7 Å². The van der Waals surface area contributed by atoms with E-state index >= 15 is 0 Å². The predicted octanol–water partition coefficient (Wildman–Crippen LogP) is 4.05. The molecule has 1 N–H and O–H groups in total. The molecule has 0 bridgehead atoms. The summed E-state index contributed by atoms with van der Waals surface area (Å²) in [4.78, 5) is 3.26. The first-order chi connectivity index (χ1) is 19.7. The topological polar surface area (TPSA) is 32.4 Å². The second-order valence-corrected chi connectivity index (χ2v) is 10.2. The van der Waals surface area contributed by atoms with Crippen molar-refractivity contribution in [3.63, 3.8) is 0 Å². The minimum atomic E-state index is -1.22. The highest BCUT2D eigenvalue weighted by Crippen LogP contribution is 2.12. The van der Waals surface area contributed by atoms with Gasteiger partial charge in [-0.2, -0.15) is 21.9 Å². The van der Waals surface area contributed by atoms with Crippen LogP contribution in [-0.2, 0) is 0 Å². The highest BCUT2D eigenvalue weighted by molar-refractivity contribution is 7.19. The molecule has 2 unspecified atom stereocenters. The Kier molecular flexibility index (Phi) is 8.64. The number of azo groups is 1. The van der Waals surface area contributed by atoms with Crippen LogP contribution in [0.2, 0.25) is 0 Å². The second-order valence-electron chi connectivity index (χ2n) is 10.2. The fourth-order valence-corrected chi connectivity index (χ4v) is 5.63. The fraction of sp³-hybridized carbons (Fsp3) is 0.0857. The first-order valence-electron chi connectivity index (χ1n) is 13.8. The van der Waals surface area contributed by atoms with Crippen molar-refractivity contribution in [1.29, 1.82) is 0 Å². The van der Waals surface area contributed by atoms with Gasteiger partial charge in [-0.3, -0.25) is 4.90 Å². The minimum absolute atomic E-state index is 0.0604. The van der Waals surface area contributed by atoms with Gasteiger partial charge in [0, 0.05) is 7.05 Å². The van der Waals surface area contributed by atoms with Crippen LogP contribution in [0.25, 0.3) is 0 Å². The van der Waals surface area contributed by atoms with E-state index in [1.165, 1.54) is 26.8 Å². The van der Waals surface area contributed by atoms with Crippen molar-refractivity contribution in [1.82, 2.24) is 4.90 Å². The van der Waals surface area contributed by atoms with Crippen LogP contribution in [0.1, 0.15) is 0 Å². The van der Waals surface area contributed by atoms with E-state index in [0.717, 1.165) is 5.69 Å². The van der Waals surface area contributed by atoms with Crippen LogP contribution < -0.4 is 26.8 Å². The van der Waals surface area contributed by atoms with E-state index in [-0.39, 0.29) is 6.29 Å². The Bertz CT molecular complexity index is 1330. The number of quaternary nitrogens is 1. The molecule has 2 atom stereocenters. The molecular weight excluding hydrogens is 487 g/mol. The van der Waals surface area contributed by atoms with Crippen molar-refractivity contribution in [2.75, 3.05) is 14.1 Å². The summed E-state index contributed by atoms with van der Waals surface area (Å²) in [5.41, 5.74) is 6.25. The molecule has 4 nitrogen and oxygen atoms in total. The van der Waals surface area contributed by atoms with Crippen LogP contribution in [-0.4, -0.2) is 31.4 Å². The first kappa shape index (κ1) is 26.9. The van der Waals surface area contributed by atoms with Gasteiger partial charge in [0.2, 0.25) is 0 Å². The van der Waals surface area contributed by atoms with Gasteiger partial charge in [-0.25, -0.2) is 0 Å². The number of benzene rings is 5. The van der Waals surface area contributed by atoms with Crippen molar-refractivity contribution < 1.29 is 4.90 Å². The molecule has 0 radical (unpaired) electrons. The standard InChI is InChI=1S/C24H20B.C11H14N4/c1-5-13-21(14-6-1)25(22-15-7-2-8-16-22,23-17-9-3-10-18-23)24-19-11-4-12-20-24;1-14-8-9-15(2)11(14)13-12-10-6-4-3-5-7-10/h1-20H;3-9,11H,1-2H3/q-1;/p+1. The van der Waals surface area contributed by atoms with Gasteiger partial charge >= 0.3 is 0 Å². The summed E-state index contributed by atoms with van der Waals surface area (Å²) in [6.45, 7) is 0. The van der Waals surface area contributed by atoms with Gasteiger partial charge in [-0.15, -0.1) is 10.2 Å².